The lowest BCUT2D eigenvalue weighted by molar-refractivity contribution is -0.0220. The van der Waals surface area contributed by atoms with E-state index in [4.69, 9.17) is 5.73 Å². The van der Waals surface area contributed by atoms with Crippen molar-refractivity contribution in [2.75, 3.05) is 23.7 Å². The molecule has 2 heterocycles. The first kappa shape index (κ1) is 13.9. The third kappa shape index (κ3) is 2.84. The van der Waals surface area contributed by atoms with E-state index in [1.165, 1.54) is 0 Å². The molecule has 1 aliphatic rings. The standard InChI is InChI=1S/C15H18F2N4/c1-20-10-11(9-19-20)13-8-12(2-3-14(13)18)21-6-4-15(16,17)5-7-21/h2-3,8-10H,4-7,18H2,1H3. The largest absolute Gasteiger partial charge is 0.398 e. The predicted octanol–water partition coefficient (Wildman–Crippen LogP) is 2.90. The quantitative estimate of drug-likeness (QED) is 0.866. The Kier molecular flexibility index (Phi) is 3.31. The van der Waals surface area contributed by atoms with Crippen LogP contribution in [0.1, 0.15) is 12.8 Å². The summed E-state index contributed by atoms with van der Waals surface area (Å²) in [6.45, 7) is 0.729. The number of benzene rings is 1. The molecule has 6 heteroatoms. The number of nitrogens with two attached hydrogens (primary N) is 1. The summed E-state index contributed by atoms with van der Waals surface area (Å²) in [7, 11) is 1.84. The van der Waals surface area contributed by atoms with E-state index in [2.05, 4.69) is 5.10 Å². The minimum absolute atomic E-state index is 0.0976. The maximum atomic E-state index is 13.2. The minimum Gasteiger partial charge on any atom is -0.398 e. The van der Waals surface area contributed by atoms with Crippen molar-refractivity contribution in [3.63, 3.8) is 0 Å². The van der Waals surface area contributed by atoms with Crippen LogP contribution in [0.4, 0.5) is 20.2 Å². The molecule has 0 spiro atoms. The second-order valence-corrected chi connectivity index (χ2v) is 5.52. The van der Waals surface area contributed by atoms with E-state index in [1.807, 2.05) is 36.3 Å². The zero-order valence-corrected chi connectivity index (χ0v) is 11.9. The van der Waals surface area contributed by atoms with Gasteiger partial charge in [-0.1, -0.05) is 0 Å². The van der Waals surface area contributed by atoms with Crippen LogP contribution in [0, 0.1) is 0 Å². The van der Waals surface area contributed by atoms with Crippen molar-refractivity contribution in [1.82, 2.24) is 9.78 Å². The molecular weight excluding hydrogens is 274 g/mol. The SMILES string of the molecule is Cn1cc(-c2cc(N3CCC(F)(F)CC3)ccc2N)cn1. The van der Waals surface area contributed by atoms with Gasteiger partial charge in [0.25, 0.3) is 5.92 Å². The number of hydrogen-bond donors (Lipinski definition) is 1. The van der Waals surface area contributed by atoms with Gasteiger partial charge in [0.15, 0.2) is 0 Å². The van der Waals surface area contributed by atoms with Gasteiger partial charge in [-0.25, -0.2) is 8.78 Å². The molecule has 1 aliphatic heterocycles. The van der Waals surface area contributed by atoms with Gasteiger partial charge in [-0.15, -0.1) is 0 Å². The minimum atomic E-state index is -2.53. The molecule has 1 saturated heterocycles. The second-order valence-electron chi connectivity index (χ2n) is 5.52. The van der Waals surface area contributed by atoms with Crippen molar-refractivity contribution in [3.05, 3.63) is 30.6 Å². The molecule has 0 saturated carbocycles. The Bertz CT molecular complexity index is 641. The van der Waals surface area contributed by atoms with Crippen molar-refractivity contribution in [2.24, 2.45) is 7.05 Å². The van der Waals surface area contributed by atoms with Crippen LogP contribution in [0.5, 0.6) is 0 Å². The number of alkyl halides is 2. The fraction of sp³-hybridized carbons (Fsp3) is 0.400. The van der Waals surface area contributed by atoms with Crippen molar-refractivity contribution < 1.29 is 8.78 Å². The fourth-order valence-electron chi connectivity index (χ4n) is 2.64. The lowest BCUT2D eigenvalue weighted by Crippen LogP contribution is -2.39. The highest BCUT2D eigenvalue weighted by Gasteiger charge is 2.34. The number of hydrogen-bond acceptors (Lipinski definition) is 3. The number of piperidine rings is 1. The monoisotopic (exact) mass is 292 g/mol. The van der Waals surface area contributed by atoms with E-state index in [0.717, 1.165) is 16.8 Å². The highest BCUT2D eigenvalue weighted by atomic mass is 19.3. The first-order valence-corrected chi connectivity index (χ1v) is 6.96. The molecule has 0 unspecified atom stereocenters. The van der Waals surface area contributed by atoms with E-state index >= 15 is 0 Å². The van der Waals surface area contributed by atoms with Gasteiger partial charge in [0, 0.05) is 61.7 Å². The van der Waals surface area contributed by atoms with Crippen LogP contribution in [-0.2, 0) is 7.05 Å². The summed E-state index contributed by atoms with van der Waals surface area (Å²) in [6, 6.07) is 5.67. The molecule has 0 bridgehead atoms. The summed E-state index contributed by atoms with van der Waals surface area (Å²) in [5.41, 5.74) is 9.43. The molecule has 2 aromatic rings. The molecule has 0 amide bonds. The Morgan fingerprint density at radius 1 is 1.24 bits per heavy atom. The predicted molar refractivity (Wildman–Crippen MR) is 79.5 cm³/mol. The Morgan fingerprint density at radius 3 is 2.57 bits per heavy atom. The summed E-state index contributed by atoms with van der Waals surface area (Å²) in [6.07, 6.45) is 3.44. The average Bonchev–Trinajstić information content (AvgIpc) is 2.86. The molecule has 0 atom stereocenters. The summed E-state index contributed by atoms with van der Waals surface area (Å²) >= 11 is 0. The molecule has 1 fully saturated rings. The number of aryl methyl sites for hydroxylation is 1. The lowest BCUT2D eigenvalue weighted by Gasteiger charge is -2.33. The Labute approximate surface area is 122 Å². The zero-order valence-electron chi connectivity index (χ0n) is 11.9. The number of aromatic nitrogens is 2. The van der Waals surface area contributed by atoms with Crippen molar-refractivity contribution >= 4 is 11.4 Å². The molecule has 112 valence electrons. The van der Waals surface area contributed by atoms with Gasteiger partial charge in [0.1, 0.15) is 0 Å². The van der Waals surface area contributed by atoms with E-state index in [0.29, 0.717) is 18.8 Å². The van der Waals surface area contributed by atoms with Gasteiger partial charge in [0.2, 0.25) is 0 Å². The normalized spacial score (nSPS) is 18.0. The smallest absolute Gasteiger partial charge is 0.251 e. The number of rotatable bonds is 2. The van der Waals surface area contributed by atoms with Gasteiger partial charge < -0.3 is 10.6 Å². The van der Waals surface area contributed by atoms with Gasteiger partial charge in [-0.2, -0.15) is 5.10 Å². The molecule has 0 aliphatic carbocycles. The van der Waals surface area contributed by atoms with Crippen LogP contribution in [0.15, 0.2) is 30.6 Å². The maximum absolute atomic E-state index is 13.2. The van der Waals surface area contributed by atoms with E-state index < -0.39 is 5.92 Å². The van der Waals surface area contributed by atoms with Crippen molar-refractivity contribution in [1.29, 1.82) is 0 Å². The highest BCUT2D eigenvalue weighted by Crippen LogP contribution is 2.34. The molecule has 4 nitrogen and oxygen atoms in total. The van der Waals surface area contributed by atoms with E-state index in [-0.39, 0.29) is 12.8 Å². The van der Waals surface area contributed by atoms with Crippen LogP contribution in [0.3, 0.4) is 0 Å². The average molecular weight is 292 g/mol. The van der Waals surface area contributed by atoms with Crippen LogP contribution in [0.25, 0.3) is 11.1 Å². The fourth-order valence-corrected chi connectivity index (χ4v) is 2.64. The van der Waals surface area contributed by atoms with Gasteiger partial charge in [0.05, 0.1) is 6.20 Å². The third-order valence-corrected chi connectivity index (χ3v) is 3.91. The van der Waals surface area contributed by atoms with Crippen molar-refractivity contribution in [2.45, 2.75) is 18.8 Å². The van der Waals surface area contributed by atoms with Crippen molar-refractivity contribution in [3.8, 4) is 11.1 Å². The van der Waals surface area contributed by atoms with Gasteiger partial charge >= 0.3 is 0 Å². The van der Waals surface area contributed by atoms with Gasteiger partial charge in [-0.05, 0) is 18.2 Å². The maximum Gasteiger partial charge on any atom is 0.251 e. The third-order valence-electron chi connectivity index (χ3n) is 3.91. The molecule has 1 aromatic carbocycles. The molecule has 21 heavy (non-hydrogen) atoms. The van der Waals surface area contributed by atoms with Crippen LogP contribution in [-0.4, -0.2) is 28.8 Å². The Balaban J connectivity index is 1.88. The van der Waals surface area contributed by atoms with Gasteiger partial charge in [-0.3, -0.25) is 4.68 Å². The first-order valence-electron chi connectivity index (χ1n) is 6.96. The van der Waals surface area contributed by atoms with E-state index in [1.54, 1.807) is 10.9 Å². The number of nitrogen functional groups attached to an aromatic ring is 1. The zero-order chi connectivity index (χ0) is 15.0. The summed E-state index contributed by atoms with van der Waals surface area (Å²) in [4.78, 5) is 1.98. The summed E-state index contributed by atoms with van der Waals surface area (Å²) in [5.74, 6) is -2.53. The Hall–Kier alpha value is -2.11. The van der Waals surface area contributed by atoms with E-state index in [9.17, 15) is 8.78 Å². The summed E-state index contributed by atoms with van der Waals surface area (Å²) < 4.78 is 28.2. The highest BCUT2D eigenvalue weighted by molar-refractivity contribution is 5.79. The first-order chi connectivity index (χ1) is 9.94. The molecule has 3 rings (SSSR count). The summed E-state index contributed by atoms with van der Waals surface area (Å²) in [5, 5.41) is 4.14. The topological polar surface area (TPSA) is 47.1 Å². The molecular formula is C15H18F2N4. The number of halogens is 2. The molecule has 1 aromatic heterocycles. The number of nitrogens with zero attached hydrogens (tertiary/aromatic N) is 3. The number of anilines is 2. The lowest BCUT2D eigenvalue weighted by atomic mass is 10.0. The molecule has 0 radical (unpaired) electrons. The Morgan fingerprint density at radius 2 is 1.95 bits per heavy atom. The van der Waals surface area contributed by atoms with Crippen LogP contribution < -0.4 is 10.6 Å². The molecule has 2 N–H and O–H groups in total. The van der Waals surface area contributed by atoms with Crippen LogP contribution in [0.2, 0.25) is 0 Å². The second kappa shape index (κ2) is 5.02. The van der Waals surface area contributed by atoms with Crippen LogP contribution >= 0.6 is 0 Å².